The van der Waals surface area contributed by atoms with Crippen LogP contribution in [-0.4, -0.2) is 50.3 Å². The van der Waals surface area contributed by atoms with Crippen LogP contribution in [-0.2, 0) is 25.0 Å². The molecule has 0 bridgehead atoms. The highest BCUT2D eigenvalue weighted by atomic mass is 35.5. The van der Waals surface area contributed by atoms with Crippen LogP contribution in [0.5, 0.6) is 5.75 Å². The molecule has 3 aromatic rings. The minimum absolute atomic E-state index is 0.00205. The van der Waals surface area contributed by atoms with Crippen molar-refractivity contribution in [3.8, 4) is 17.0 Å². The van der Waals surface area contributed by atoms with Gasteiger partial charge in [-0.05, 0) is 38.1 Å². The Kier molecular flexibility index (Phi) is 6.82. The van der Waals surface area contributed by atoms with E-state index in [9.17, 15) is 19.1 Å². The molecule has 2 heterocycles. The second kappa shape index (κ2) is 9.67. The van der Waals surface area contributed by atoms with E-state index >= 15 is 0 Å². The summed E-state index contributed by atoms with van der Waals surface area (Å²) in [7, 11) is 1.71. The zero-order chi connectivity index (χ0) is 25.3. The van der Waals surface area contributed by atoms with Gasteiger partial charge in [-0.2, -0.15) is 5.10 Å². The minimum atomic E-state index is -1.12. The van der Waals surface area contributed by atoms with Gasteiger partial charge in [0.1, 0.15) is 24.7 Å². The van der Waals surface area contributed by atoms with Crippen molar-refractivity contribution >= 4 is 23.4 Å². The summed E-state index contributed by atoms with van der Waals surface area (Å²) in [5, 5.41) is 17.5. The number of nitrogens with one attached hydrogen (secondary N) is 1. The van der Waals surface area contributed by atoms with E-state index < -0.39 is 23.2 Å². The Hall–Kier alpha value is -3.43. The standard InChI is InChI=1S/C25H26ClFN4O4/c1-25(2,34)14-28-21(32)12-31(11-15-6-4-5-7-19(15)27)24(33)22-18-13-35-20-9-8-16(26)10-17(20)23(18)30(3)29-22/h4-10,34H,11-14H2,1-3H3,(H,28,32). The SMILES string of the molecule is Cn1nc(C(=O)N(CC(=O)NCC(C)(C)O)Cc2ccccc2F)c2c1-c1cc(Cl)ccc1OC2. The predicted octanol–water partition coefficient (Wildman–Crippen LogP) is 3.30. The molecule has 2 amide bonds. The minimum Gasteiger partial charge on any atom is -0.488 e. The van der Waals surface area contributed by atoms with Crippen LogP contribution in [0.3, 0.4) is 0 Å². The lowest BCUT2D eigenvalue weighted by Gasteiger charge is -2.24. The van der Waals surface area contributed by atoms with Gasteiger partial charge in [0.05, 0.1) is 11.3 Å². The Labute approximate surface area is 207 Å². The lowest BCUT2D eigenvalue weighted by molar-refractivity contribution is -0.122. The van der Waals surface area contributed by atoms with Gasteiger partial charge in [0.2, 0.25) is 5.91 Å². The first kappa shape index (κ1) is 24.7. The van der Waals surface area contributed by atoms with Gasteiger partial charge in [-0.25, -0.2) is 4.39 Å². The molecule has 0 fully saturated rings. The molecule has 8 nitrogen and oxygen atoms in total. The number of aliphatic hydroxyl groups is 1. The first-order chi connectivity index (χ1) is 16.5. The van der Waals surface area contributed by atoms with Crippen molar-refractivity contribution in [1.82, 2.24) is 20.0 Å². The number of rotatable bonds is 7. The van der Waals surface area contributed by atoms with Crippen LogP contribution in [0.25, 0.3) is 11.3 Å². The normalized spacial score (nSPS) is 12.4. The number of amides is 2. The highest BCUT2D eigenvalue weighted by Crippen LogP contribution is 2.40. The number of fused-ring (bicyclic) bond motifs is 3. The lowest BCUT2D eigenvalue weighted by Crippen LogP contribution is -2.45. The van der Waals surface area contributed by atoms with E-state index in [2.05, 4.69) is 10.4 Å². The van der Waals surface area contributed by atoms with Crippen molar-refractivity contribution in [3.63, 3.8) is 0 Å². The van der Waals surface area contributed by atoms with Crippen LogP contribution in [0, 0.1) is 5.82 Å². The van der Waals surface area contributed by atoms with E-state index in [0.29, 0.717) is 27.6 Å². The summed E-state index contributed by atoms with van der Waals surface area (Å²) in [5.74, 6) is -0.900. The highest BCUT2D eigenvalue weighted by Gasteiger charge is 2.32. The van der Waals surface area contributed by atoms with Crippen molar-refractivity contribution in [2.75, 3.05) is 13.1 Å². The fourth-order valence-electron chi connectivity index (χ4n) is 3.90. The van der Waals surface area contributed by atoms with Crippen molar-refractivity contribution in [1.29, 1.82) is 0 Å². The molecule has 4 rings (SSSR count). The summed E-state index contributed by atoms with van der Waals surface area (Å²) in [4.78, 5) is 27.5. The van der Waals surface area contributed by atoms with Crippen molar-refractivity contribution < 1.29 is 23.8 Å². The fourth-order valence-corrected chi connectivity index (χ4v) is 4.07. The zero-order valence-electron chi connectivity index (χ0n) is 19.6. The number of nitrogens with zero attached hydrogens (tertiary/aromatic N) is 3. The van der Waals surface area contributed by atoms with E-state index in [1.807, 2.05) is 0 Å². The molecule has 1 aromatic heterocycles. The van der Waals surface area contributed by atoms with Crippen molar-refractivity contribution in [2.24, 2.45) is 7.05 Å². The quantitative estimate of drug-likeness (QED) is 0.519. The molecule has 184 valence electrons. The Bertz CT molecular complexity index is 1280. The first-order valence-electron chi connectivity index (χ1n) is 11.0. The number of ether oxygens (including phenoxy) is 1. The number of hydrogen-bond donors (Lipinski definition) is 2. The molecule has 0 unspecified atom stereocenters. The van der Waals surface area contributed by atoms with Gasteiger partial charge in [0, 0.05) is 41.9 Å². The first-order valence-corrected chi connectivity index (χ1v) is 11.4. The summed E-state index contributed by atoms with van der Waals surface area (Å²) in [5.41, 5.74) is 1.20. The molecule has 1 aliphatic rings. The number of carbonyl (C=O) groups excluding carboxylic acids is 2. The number of aryl methyl sites for hydroxylation is 1. The number of hydrogen-bond acceptors (Lipinski definition) is 5. The molecule has 1 aliphatic heterocycles. The molecule has 0 saturated heterocycles. The van der Waals surface area contributed by atoms with Crippen LogP contribution < -0.4 is 10.1 Å². The number of aromatic nitrogens is 2. The molecule has 0 saturated carbocycles. The van der Waals surface area contributed by atoms with Gasteiger partial charge in [-0.1, -0.05) is 29.8 Å². The van der Waals surface area contributed by atoms with E-state index in [1.54, 1.807) is 62.0 Å². The number of halogens is 2. The van der Waals surface area contributed by atoms with Crippen LogP contribution >= 0.6 is 11.6 Å². The molecule has 0 atom stereocenters. The average Bonchev–Trinajstić information content (AvgIpc) is 3.14. The summed E-state index contributed by atoms with van der Waals surface area (Å²) in [6, 6.07) is 11.3. The fraction of sp³-hybridized carbons (Fsp3) is 0.320. The zero-order valence-corrected chi connectivity index (χ0v) is 20.4. The maximum atomic E-state index is 14.4. The summed E-state index contributed by atoms with van der Waals surface area (Å²) in [6.07, 6.45) is 0. The predicted molar refractivity (Wildman–Crippen MR) is 128 cm³/mol. The second-order valence-electron chi connectivity index (χ2n) is 9.07. The number of carbonyl (C=O) groups is 2. The van der Waals surface area contributed by atoms with Crippen LogP contribution in [0.2, 0.25) is 5.02 Å². The largest absolute Gasteiger partial charge is 0.488 e. The van der Waals surface area contributed by atoms with E-state index in [1.165, 1.54) is 11.0 Å². The molecule has 2 N–H and O–H groups in total. The molecular formula is C25H26ClFN4O4. The third kappa shape index (κ3) is 5.47. The molecule has 0 aliphatic carbocycles. The molecule has 0 radical (unpaired) electrons. The monoisotopic (exact) mass is 500 g/mol. The maximum Gasteiger partial charge on any atom is 0.275 e. The topological polar surface area (TPSA) is 96.7 Å². The molecule has 0 spiro atoms. The van der Waals surface area contributed by atoms with E-state index in [4.69, 9.17) is 16.3 Å². The van der Waals surface area contributed by atoms with Crippen molar-refractivity contribution in [2.45, 2.75) is 32.6 Å². The molecule has 2 aromatic carbocycles. The average molecular weight is 501 g/mol. The van der Waals surface area contributed by atoms with Gasteiger partial charge in [-0.15, -0.1) is 0 Å². The molecule has 10 heteroatoms. The third-order valence-electron chi connectivity index (χ3n) is 5.58. The van der Waals surface area contributed by atoms with Crippen molar-refractivity contribution in [3.05, 3.63) is 70.1 Å². The van der Waals surface area contributed by atoms with Gasteiger partial charge in [-0.3, -0.25) is 14.3 Å². The number of benzene rings is 2. The third-order valence-corrected chi connectivity index (χ3v) is 5.81. The van der Waals surface area contributed by atoms with Gasteiger partial charge < -0.3 is 20.1 Å². The molecular weight excluding hydrogens is 475 g/mol. The Balaban J connectivity index is 1.68. The smallest absolute Gasteiger partial charge is 0.275 e. The van der Waals surface area contributed by atoms with Gasteiger partial charge in [0.15, 0.2) is 5.69 Å². The lowest BCUT2D eigenvalue weighted by atomic mass is 10.0. The summed E-state index contributed by atoms with van der Waals surface area (Å²) < 4.78 is 21.8. The Morgan fingerprint density at radius 1 is 1.29 bits per heavy atom. The van der Waals surface area contributed by atoms with E-state index in [0.717, 1.165) is 0 Å². The summed E-state index contributed by atoms with van der Waals surface area (Å²) in [6.45, 7) is 2.73. The Morgan fingerprint density at radius 3 is 2.74 bits per heavy atom. The highest BCUT2D eigenvalue weighted by molar-refractivity contribution is 6.31. The van der Waals surface area contributed by atoms with Crippen LogP contribution in [0.1, 0.15) is 35.5 Å². The maximum absolute atomic E-state index is 14.4. The van der Waals surface area contributed by atoms with Gasteiger partial charge >= 0.3 is 0 Å². The Morgan fingerprint density at radius 2 is 2.03 bits per heavy atom. The van der Waals surface area contributed by atoms with Gasteiger partial charge in [0.25, 0.3) is 5.91 Å². The molecule has 35 heavy (non-hydrogen) atoms. The van der Waals surface area contributed by atoms with Crippen LogP contribution in [0.15, 0.2) is 42.5 Å². The van der Waals surface area contributed by atoms with E-state index in [-0.39, 0.29) is 37.5 Å². The van der Waals surface area contributed by atoms with Crippen LogP contribution in [0.4, 0.5) is 4.39 Å². The summed E-state index contributed by atoms with van der Waals surface area (Å²) >= 11 is 6.18. The second-order valence-corrected chi connectivity index (χ2v) is 9.51.